The number of carbonyl (C=O) groups is 1. The minimum atomic E-state index is -3.50. The molecule has 0 atom stereocenters. The number of likely N-dealkylation sites (N-methyl/N-ethyl adjacent to an activating group) is 1. The highest BCUT2D eigenvalue weighted by molar-refractivity contribution is 7.89. The Morgan fingerprint density at radius 2 is 1.78 bits per heavy atom. The van der Waals surface area contributed by atoms with Crippen LogP contribution in [0.15, 0.2) is 59.5 Å². The molecule has 0 radical (unpaired) electrons. The Kier molecular flexibility index (Phi) is 6.13. The van der Waals surface area contributed by atoms with Crippen molar-refractivity contribution in [1.82, 2.24) is 4.31 Å². The highest BCUT2D eigenvalue weighted by Crippen LogP contribution is 2.23. The molecule has 1 aliphatic rings. The zero-order chi connectivity index (χ0) is 19.3. The van der Waals surface area contributed by atoms with Gasteiger partial charge in [0.15, 0.2) is 0 Å². The predicted molar refractivity (Wildman–Crippen MR) is 107 cm³/mol. The normalized spacial score (nSPS) is 14.9. The highest BCUT2D eigenvalue weighted by atomic mass is 32.2. The molecule has 0 spiro atoms. The predicted octanol–water partition coefficient (Wildman–Crippen LogP) is 2.94. The van der Waals surface area contributed by atoms with E-state index in [2.05, 4.69) is 5.32 Å². The van der Waals surface area contributed by atoms with Gasteiger partial charge in [-0.15, -0.1) is 0 Å². The molecule has 1 amide bonds. The van der Waals surface area contributed by atoms with Gasteiger partial charge in [-0.25, -0.2) is 8.42 Å². The second-order valence-corrected chi connectivity index (χ2v) is 8.47. The van der Waals surface area contributed by atoms with E-state index < -0.39 is 10.0 Å². The van der Waals surface area contributed by atoms with E-state index in [0.717, 1.165) is 18.5 Å². The lowest BCUT2D eigenvalue weighted by atomic mass is 10.2. The van der Waals surface area contributed by atoms with Crippen molar-refractivity contribution < 1.29 is 13.2 Å². The summed E-state index contributed by atoms with van der Waals surface area (Å²) in [6.07, 6.45) is 1.78. The summed E-state index contributed by atoms with van der Waals surface area (Å²) < 4.78 is 26.9. The van der Waals surface area contributed by atoms with Crippen molar-refractivity contribution in [3.05, 3.63) is 54.6 Å². The fourth-order valence-electron chi connectivity index (χ4n) is 3.21. The molecule has 27 heavy (non-hydrogen) atoms. The van der Waals surface area contributed by atoms with Crippen LogP contribution in [0.5, 0.6) is 0 Å². The summed E-state index contributed by atoms with van der Waals surface area (Å²) in [5.74, 6) is -0.184. The van der Waals surface area contributed by atoms with Crippen molar-refractivity contribution in [2.75, 3.05) is 36.4 Å². The molecule has 3 rings (SSSR count). The lowest BCUT2D eigenvalue weighted by molar-refractivity contribution is -0.115. The molecule has 144 valence electrons. The molecule has 0 bridgehead atoms. The van der Waals surface area contributed by atoms with E-state index in [0.29, 0.717) is 25.3 Å². The zero-order valence-electron chi connectivity index (χ0n) is 15.5. The van der Waals surface area contributed by atoms with E-state index >= 15 is 0 Å². The van der Waals surface area contributed by atoms with Gasteiger partial charge in [-0.1, -0.05) is 24.3 Å². The third kappa shape index (κ3) is 4.67. The van der Waals surface area contributed by atoms with Gasteiger partial charge in [0.05, 0.1) is 11.4 Å². The van der Waals surface area contributed by atoms with E-state index in [1.807, 2.05) is 42.2 Å². The lowest BCUT2D eigenvalue weighted by Crippen LogP contribution is -2.33. The molecule has 0 unspecified atom stereocenters. The van der Waals surface area contributed by atoms with Gasteiger partial charge in [0.1, 0.15) is 0 Å². The summed E-state index contributed by atoms with van der Waals surface area (Å²) in [6.45, 7) is 4.00. The molecule has 6 nitrogen and oxygen atoms in total. The SMILES string of the molecule is CCN(CC(=O)Nc1cccc(S(=O)(=O)N2CCCC2)c1)c1ccccc1. The van der Waals surface area contributed by atoms with Gasteiger partial charge >= 0.3 is 0 Å². The van der Waals surface area contributed by atoms with Gasteiger partial charge in [-0.05, 0) is 50.1 Å². The van der Waals surface area contributed by atoms with Gasteiger partial charge in [-0.3, -0.25) is 4.79 Å². The van der Waals surface area contributed by atoms with Gasteiger partial charge in [0.25, 0.3) is 0 Å². The average molecular weight is 388 g/mol. The second kappa shape index (κ2) is 8.54. The molecule has 0 aromatic heterocycles. The standard InChI is InChI=1S/C20H25N3O3S/c1-2-22(18-10-4-3-5-11-18)16-20(24)21-17-9-8-12-19(15-17)27(25,26)23-13-6-7-14-23/h3-5,8-12,15H,2,6-7,13-14,16H2,1H3,(H,21,24). The molecular formula is C20H25N3O3S. The molecule has 0 aliphatic carbocycles. The Labute approximate surface area is 160 Å². The number of rotatable bonds is 7. The Hall–Kier alpha value is -2.38. The molecular weight excluding hydrogens is 362 g/mol. The van der Waals surface area contributed by atoms with Gasteiger partial charge in [-0.2, -0.15) is 4.31 Å². The minimum absolute atomic E-state index is 0.184. The van der Waals surface area contributed by atoms with E-state index in [9.17, 15) is 13.2 Å². The third-order valence-electron chi connectivity index (χ3n) is 4.66. The first-order valence-corrected chi connectivity index (χ1v) is 10.6. The number of para-hydroxylation sites is 1. The number of sulfonamides is 1. The molecule has 1 heterocycles. The quantitative estimate of drug-likeness (QED) is 0.793. The van der Waals surface area contributed by atoms with Gasteiger partial charge in [0.2, 0.25) is 15.9 Å². The fourth-order valence-corrected chi connectivity index (χ4v) is 4.77. The van der Waals surface area contributed by atoms with E-state index in [4.69, 9.17) is 0 Å². The average Bonchev–Trinajstić information content (AvgIpc) is 3.23. The van der Waals surface area contributed by atoms with Gasteiger partial charge < -0.3 is 10.2 Å². The Bertz CT molecular complexity index is 878. The monoisotopic (exact) mass is 387 g/mol. The molecule has 2 aromatic rings. The smallest absolute Gasteiger partial charge is 0.243 e. The van der Waals surface area contributed by atoms with Crippen LogP contribution in [0.1, 0.15) is 19.8 Å². The molecule has 1 saturated heterocycles. The van der Waals surface area contributed by atoms with Crippen LogP contribution < -0.4 is 10.2 Å². The van der Waals surface area contributed by atoms with Crippen molar-refractivity contribution in [3.63, 3.8) is 0 Å². The number of amides is 1. The highest BCUT2D eigenvalue weighted by Gasteiger charge is 2.27. The van der Waals surface area contributed by atoms with Crippen LogP contribution in [0.3, 0.4) is 0 Å². The fraction of sp³-hybridized carbons (Fsp3) is 0.350. The minimum Gasteiger partial charge on any atom is -0.362 e. The molecule has 1 fully saturated rings. The van der Waals surface area contributed by atoms with Crippen molar-refractivity contribution >= 4 is 27.3 Å². The van der Waals surface area contributed by atoms with E-state index in [-0.39, 0.29) is 17.3 Å². The Morgan fingerprint density at radius 3 is 2.44 bits per heavy atom. The molecule has 7 heteroatoms. The summed E-state index contributed by atoms with van der Waals surface area (Å²) in [4.78, 5) is 14.6. The molecule has 0 saturated carbocycles. The molecule has 2 aromatic carbocycles. The number of anilines is 2. The molecule has 1 N–H and O–H groups in total. The topological polar surface area (TPSA) is 69.7 Å². The van der Waals surface area contributed by atoms with Crippen LogP contribution in [0, 0.1) is 0 Å². The number of nitrogens with one attached hydrogen (secondary N) is 1. The maximum atomic E-state index is 12.7. The van der Waals surface area contributed by atoms with Crippen molar-refractivity contribution in [1.29, 1.82) is 0 Å². The van der Waals surface area contributed by atoms with Crippen LogP contribution in [0.2, 0.25) is 0 Å². The van der Waals surface area contributed by atoms with Crippen molar-refractivity contribution in [2.24, 2.45) is 0 Å². The number of hydrogen-bond donors (Lipinski definition) is 1. The van der Waals surface area contributed by atoms with Crippen LogP contribution in [0.4, 0.5) is 11.4 Å². The van der Waals surface area contributed by atoms with Crippen LogP contribution in [0.25, 0.3) is 0 Å². The second-order valence-electron chi connectivity index (χ2n) is 6.54. The van der Waals surface area contributed by atoms with E-state index in [1.165, 1.54) is 10.4 Å². The first kappa shape index (κ1) is 19.4. The maximum Gasteiger partial charge on any atom is 0.243 e. The number of carbonyl (C=O) groups excluding carboxylic acids is 1. The summed E-state index contributed by atoms with van der Waals surface area (Å²) in [6, 6.07) is 16.2. The van der Waals surface area contributed by atoms with Crippen LogP contribution in [-0.2, 0) is 14.8 Å². The number of nitrogens with zero attached hydrogens (tertiary/aromatic N) is 2. The first-order chi connectivity index (χ1) is 13.0. The van der Waals surface area contributed by atoms with Crippen molar-refractivity contribution in [2.45, 2.75) is 24.7 Å². The van der Waals surface area contributed by atoms with Gasteiger partial charge in [0, 0.05) is 31.0 Å². The summed E-state index contributed by atoms with van der Waals surface area (Å²) in [7, 11) is -3.50. The van der Waals surface area contributed by atoms with Crippen LogP contribution in [-0.4, -0.2) is 44.8 Å². The van der Waals surface area contributed by atoms with E-state index in [1.54, 1.807) is 18.2 Å². The first-order valence-electron chi connectivity index (χ1n) is 9.21. The zero-order valence-corrected chi connectivity index (χ0v) is 16.3. The van der Waals surface area contributed by atoms with Crippen LogP contribution >= 0.6 is 0 Å². The summed E-state index contributed by atoms with van der Waals surface area (Å²) in [5.41, 5.74) is 1.46. The largest absolute Gasteiger partial charge is 0.362 e. The third-order valence-corrected chi connectivity index (χ3v) is 6.55. The van der Waals surface area contributed by atoms with Crippen molar-refractivity contribution in [3.8, 4) is 0 Å². The number of benzene rings is 2. The Morgan fingerprint density at radius 1 is 1.07 bits per heavy atom. The number of hydrogen-bond acceptors (Lipinski definition) is 4. The Balaban J connectivity index is 1.69. The summed E-state index contributed by atoms with van der Waals surface area (Å²) in [5, 5.41) is 2.82. The summed E-state index contributed by atoms with van der Waals surface area (Å²) >= 11 is 0. The molecule has 1 aliphatic heterocycles. The lowest BCUT2D eigenvalue weighted by Gasteiger charge is -2.22. The maximum absolute atomic E-state index is 12.7.